The van der Waals surface area contributed by atoms with Gasteiger partial charge >= 0.3 is 0 Å². The first-order valence-corrected chi connectivity index (χ1v) is 13.1. The summed E-state index contributed by atoms with van der Waals surface area (Å²) in [7, 11) is 2.04. The van der Waals surface area contributed by atoms with E-state index in [1.807, 2.05) is 18.4 Å². The van der Waals surface area contributed by atoms with Crippen LogP contribution in [-0.4, -0.2) is 48.5 Å². The number of hydrogen-bond donors (Lipinski definition) is 2. The maximum atomic E-state index is 14.1. The molecular weight excluding hydrogens is 392 g/mol. The lowest BCUT2D eigenvalue weighted by Gasteiger charge is -2.46. The Bertz CT molecular complexity index is 773. The van der Waals surface area contributed by atoms with Crippen molar-refractivity contribution in [1.29, 1.82) is 0 Å². The van der Waals surface area contributed by atoms with Crippen LogP contribution in [0, 0.1) is 18.8 Å². The summed E-state index contributed by atoms with van der Waals surface area (Å²) < 4.78 is 0. The lowest BCUT2D eigenvalue weighted by molar-refractivity contribution is -0.142. The predicted molar refractivity (Wildman–Crippen MR) is 122 cm³/mol. The van der Waals surface area contributed by atoms with Gasteiger partial charge in [0.05, 0.1) is 22.7 Å². The molecular formula is C24H38N4OS. The van der Waals surface area contributed by atoms with Gasteiger partial charge in [-0.2, -0.15) is 0 Å². The molecule has 2 N–H and O–H groups in total. The normalized spacial score (nSPS) is 35.0. The molecule has 5 rings (SSSR count). The number of hydrogen-bond acceptors (Lipinski definition) is 5. The molecule has 4 aliphatic rings. The van der Waals surface area contributed by atoms with Gasteiger partial charge in [0.25, 0.3) is 0 Å². The molecule has 1 amide bonds. The van der Waals surface area contributed by atoms with E-state index in [4.69, 9.17) is 4.98 Å². The first kappa shape index (κ1) is 20.9. The lowest BCUT2D eigenvalue weighted by Crippen LogP contribution is -2.54. The minimum absolute atomic E-state index is 0.0553. The summed E-state index contributed by atoms with van der Waals surface area (Å²) in [5.74, 6) is 1.24. The van der Waals surface area contributed by atoms with Crippen molar-refractivity contribution in [3.63, 3.8) is 0 Å². The Hall–Kier alpha value is -0.980. The van der Waals surface area contributed by atoms with Gasteiger partial charge in [0.2, 0.25) is 5.91 Å². The molecule has 3 fully saturated rings. The molecule has 1 aromatic heterocycles. The number of carbonyl (C=O) groups is 1. The summed E-state index contributed by atoms with van der Waals surface area (Å²) in [5.41, 5.74) is 1.16. The largest absolute Gasteiger partial charge is 0.339 e. The Kier molecular flexibility index (Phi) is 5.93. The van der Waals surface area contributed by atoms with E-state index in [0.717, 1.165) is 43.4 Å². The topological polar surface area (TPSA) is 57.3 Å². The van der Waals surface area contributed by atoms with Gasteiger partial charge in [0, 0.05) is 36.0 Å². The second-order valence-corrected chi connectivity index (χ2v) is 11.4. The average Bonchev–Trinajstić information content (AvgIpc) is 3.39. The zero-order valence-corrected chi connectivity index (χ0v) is 19.5. The summed E-state index contributed by atoms with van der Waals surface area (Å²) in [6.07, 6.45) is 12.6. The van der Waals surface area contributed by atoms with Crippen LogP contribution < -0.4 is 10.6 Å². The Morgan fingerprint density at radius 2 is 1.97 bits per heavy atom. The minimum Gasteiger partial charge on any atom is -0.339 e. The molecule has 1 saturated carbocycles. The first-order valence-electron chi connectivity index (χ1n) is 12.3. The maximum absolute atomic E-state index is 14.1. The van der Waals surface area contributed by atoms with Gasteiger partial charge in [-0.1, -0.05) is 19.3 Å². The molecule has 0 aromatic carbocycles. The number of likely N-dealkylation sites (tertiary alicyclic amines) is 1. The SMILES string of the molecule is CNC1CC[C@]2(CNCC2C(=O)N2CCCC[C@H]2C2CCCCC2)c2sc(C)nc21. The van der Waals surface area contributed by atoms with Gasteiger partial charge in [0.1, 0.15) is 0 Å². The molecule has 2 aliphatic heterocycles. The monoisotopic (exact) mass is 430 g/mol. The van der Waals surface area contributed by atoms with Crippen LogP contribution in [0.15, 0.2) is 0 Å². The van der Waals surface area contributed by atoms with Gasteiger partial charge in [-0.05, 0) is 64.8 Å². The Labute approximate surface area is 185 Å². The molecule has 2 aliphatic carbocycles. The Morgan fingerprint density at radius 3 is 2.77 bits per heavy atom. The highest BCUT2D eigenvalue weighted by Crippen LogP contribution is 2.51. The van der Waals surface area contributed by atoms with Gasteiger partial charge in [0.15, 0.2) is 0 Å². The Morgan fingerprint density at radius 1 is 1.17 bits per heavy atom. The van der Waals surface area contributed by atoms with Crippen LogP contribution in [0.5, 0.6) is 0 Å². The summed E-state index contributed by atoms with van der Waals surface area (Å²) in [4.78, 5) is 22.8. The zero-order chi connectivity index (χ0) is 20.7. The van der Waals surface area contributed by atoms with Crippen molar-refractivity contribution in [2.24, 2.45) is 11.8 Å². The van der Waals surface area contributed by atoms with Crippen molar-refractivity contribution >= 4 is 17.2 Å². The predicted octanol–water partition coefficient (Wildman–Crippen LogP) is 3.92. The highest BCUT2D eigenvalue weighted by Gasteiger charge is 2.54. The fraction of sp³-hybridized carbons (Fsp3) is 0.833. The summed E-state index contributed by atoms with van der Waals surface area (Å²) in [6, 6.07) is 0.817. The van der Waals surface area contributed by atoms with E-state index < -0.39 is 0 Å². The molecule has 30 heavy (non-hydrogen) atoms. The molecule has 2 unspecified atom stereocenters. The molecule has 0 radical (unpaired) electrons. The number of nitrogens with zero attached hydrogens (tertiary/aromatic N) is 2. The van der Waals surface area contributed by atoms with Gasteiger partial charge in [-0.15, -0.1) is 11.3 Å². The van der Waals surface area contributed by atoms with Gasteiger partial charge in [-0.25, -0.2) is 4.98 Å². The lowest BCUT2D eigenvalue weighted by atomic mass is 9.67. The molecule has 1 spiro atoms. The minimum atomic E-state index is -0.0553. The van der Waals surface area contributed by atoms with Crippen LogP contribution in [0.1, 0.15) is 85.8 Å². The Balaban J connectivity index is 1.45. The molecule has 3 heterocycles. The number of piperidine rings is 1. The van der Waals surface area contributed by atoms with Crippen molar-refractivity contribution < 1.29 is 4.79 Å². The number of rotatable bonds is 3. The van der Waals surface area contributed by atoms with E-state index >= 15 is 0 Å². The molecule has 6 heteroatoms. The smallest absolute Gasteiger partial charge is 0.228 e. The number of nitrogens with one attached hydrogen (secondary N) is 2. The van der Waals surface area contributed by atoms with Crippen molar-refractivity contribution in [3.8, 4) is 0 Å². The summed E-state index contributed by atoms with van der Waals surface area (Å²) in [5, 5.41) is 8.24. The fourth-order valence-corrected chi connectivity index (χ4v) is 8.24. The number of aromatic nitrogens is 1. The van der Waals surface area contributed by atoms with Crippen molar-refractivity contribution in [2.75, 3.05) is 26.7 Å². The van der Waals surface area contributed by atoms with Crippen LogP contribution in [0.25, 0.3) is 0 Å². The van der Waals surface area contributed by atoms with E-state index in [0.29, 0.717) is 18.0 Å². The molecule has 166 valence electrons. The number of amides is 1. The van der Waals surface area contributed by atoms with Crippen molar-refractivity contribution in [1.82, 2.24) is 20.5 Å². The highest BCUT2D eigenvalue weighted by molar-refractivity contribution is 7.11. The van der Waals surface area contributed by atoms with E-state index in [9.17, 15) is 4.79 Å². The van der Waals surface area contributed by atoms with Crippen molar-refractivity contribution in [3.05, 3.63) is 15.6 Å². The number of aryl methyl sites for hydroxylation is 1. The van der Waals surface area contributed by atoms with E-state index in [2.05, 4.69) is 22.5 Å². The van der Waals surface area contributed by atoms with Crippen LogP contribution in [0.3, 0.4) is 0 Å². The van der Waals surface area contributed by atoms with E-state index in [1.165, 1.54) is 61.9 Å². The molecule has 1 aromatic rings. The van der Waals surface area contributed by atoms with E-state index in [1.54, 1.807) is 0 Å². The zero-order valence-electron chi connectivity index (χ0n) is 18.7. The standard InChI is InChI=1S/C24H38N4OS/c1-16-27-21-19(25-2)11-12-24(22(21)30-16)15-26-14-18(24)23(29)28-13-7-6-10-20(28)17-8-4-3-5-9-17/h17-20,25-26H,3-15H2,1-2H3/t18?,19?,20-,24+/m0/s1. The highest BCUT2D eigenvalue weighted by atomic mass is 32.1. The van der Waals surface area contributed by atoms with Gasteiger partial charge < -0.3 is 15.5 Å². The number of fused-ring (bicyclic) bond motifs is 2. The summed E-state index contributed by atoms with van der Waals surface area (Å²) >= 11 is 1.84. The van der Waals surface area contributed by atoms with Crippen molar-refractivity contribution in [2.45, 2.75) is 88.6 Å². The second kappa shape index (κ2) is 8.51. The average molecular weight is 431 g/mol. The third-order valence-electron chi connectivity index (χ3n) is 8.55. The maximum Gasteiger partial charge on any atom is 0.228 e. The van der Waals surface area contributed by atoms with Crippen LogP contribution in [0.2, 0.25) is 0 Å². The number of carbonyl (C=O) groups excluding carboxylic acids is 1. The van der Waals surface area contributed by atoms with Gasteiger partial charge in [-0.3, -0.25) is 4.79 Å². The third-order valence-corrected chi connectivity index (χ3v) is 9.76. The van der Waals surface area contributed by atoms with Crippen LogP contribution in [0.4, 0.5) is 0 Å². The van der Waals surface area contributed by atoms with Crippen LogP contribution >= 0.6 is 11.3 Å². The molecule has 4 atom stereocenters. The molecule has 0 bridgehead atoms. The first-order chi connectivity index (χ1) is 14.6. The number of thiazole rings is 1. The van der Waals surface area contributed by atoms with Crippen LogP contribution in [-0.2, 0) is 10.2 Å². The summed E-state index contributed by atoms with van der Waals surface area (Å²) in [6.45, 7) is 4.84. The van der Waals surface area contributed by atoms with E-state index in [-0.39, 0.29) is 11.3 Å². The quantitative estimate of drug-likeness (QED) is 0.763. The second-order valence-electron chi connectivity index (χ2n) is 10.2. The molecule has 2 saturated heterocycles. The third kappa shape index (κ3) is 3.43. The molecule has 5 nitrogen and oxygen atoms in total. The fourth-order valence-electron chi connectivity index (χ4n) is 6.99.